The first-order valence-corrected chi connectivity index (χ1v) is 10.8. The van der Waals surface area contributed by atoms with E-state index in [4.69, 9.17) is 23.2 Å². The maximum absolute atomic E-state index is 13.1. The van der Waals surface area contributed by atoms with E-state index >= 15 is 0 Å². The van der Waals surface area contributed by atoms with Crippen molar-refractivity contribution in [2.24, 2.45) is 0 Å². The lowest BCUT2D eigenvalue weighted by atomic mass is 9.83. The number of amides is 2. The van der Waals surface area contributed by atoms with Crippen LogP contribution < -0.4 is 5.32 Å². The molecular formula is C23H27Cl2N3O2. The van der Waals surface area contributed by atoms with Crippen LogP contribution in [0.3, 0.4) is 0 Å². The molecule has 7 heteroatoms. The van der Waals surface area contributed by atoms with Crippen molar-refractivity contribution in [2.45, 2.75) is 32.2 Å². The van der Waals surface area contributed by atoms with Crippen molar-refractivity contribution in [2.75, 3.05) is 31.5 Å². The normalized spacial score (nSPS) is 16.2. The Morgan fingerprint density at radius 1 is 1.00 bits per heavy atom. The van der Waals surface area contributed by atoms with E-state index in [0.717, 1.165) is 5.56 Å². The third-order valence-corrected chi connectivity index (χ3v) is 6.31. The topological polar surface area (TPSA) is 52.7 Å². The average molecular weight is 448 g/mol. The average Bonchev–Trinajstić information content (AvgIpc) is 2.76. The molecule has 160 valence electrons. The van der Waals surface area contributed by atoms with Gasteiger partial charge in [-0.15, -0.1) is 0 Å². The SMILES string of the molecule is CC(C(=O)Nc1cc(Cl)ccc1Cl)N1CCN(C(=O)C(C)(C)c2ccccc2)CC1. The molecule has 1 unspecified atom stereocenters. The van der Waals surface area contributed by atoms with Crippen molar-refractivity contribution in [1.29, 1.82) is 0 Å². The molecule has 1 heterocycles. The van der Waals surface area contributed by atoms with Crippen molar-refractivity contribution in [3.63, 3.8) is 0 Å². The minimum Gasteiger partial charge on any atom is -0.339 e. The number of benzene rings is 2. The Balaban J connectivity index is 1.58. The summed E-state index contributed by atoms with van der Waals surface area (Å²) in [6.45, 7) is 8.22. The van der Waals surface area contributed by atoms with Gasteiger partial charge in [-0.3, -0.25) is 14.5 Å². The molecule has 5 nitrogen and oxygen atoms in total. The Hall–Kier alpha value is -2.08. The zero-order valence-electron chi connectivity index (χ0n) is 17.5. The van der Waals surface area contributed by atoms with Crippen molar-refractivity contribution in [1.82, 2.24) is 9.80 Å². The third kappa shape index (κ3) is 4.97. The molecule has 3 rings (SSSR count). The lowest BCUT2D eigenvalue weighted by Gasteiger charge is -2.40. The molecule has 0 aromatic heterocycles. The zero-order valence-corrected chi connectivity index (χ0v) is 19.0. The summed E-state index contributed by atoms with van der Waals surface area (Å²) in [6, 6.07) is 14.5. The Bertz CT molecular complexity index is 910. The second-order valence-corrected chi connectivity index (χ2v) is 8.95. The highest BCUT2D eigenvalue weighted by Gasteiger charge is 2.36. The Labute approximate surface area is 187 Å². The Morgan fingerprint density at radius 2 is 1.63 bits per heavy atom. The molecule has 0 saturated carbocycles. The number of anilines is 1. The number of halogens is 2. The Kier molecular flexibility index (Phi) is 7.06. The van der Waals surface area contributed by atoms with Gasteiger partial charge in [0.05, 0.1) is 22.2 Å². The quantitative estimate of drug-likeness (QED) is 0.736. The lowest BCUT2D eigenvalue weighted by Crippen LogP contribution is -2.56. The van der Waals surface area contributed by atoms with Crippen LogP contribution in [0.1, 0.15) is 26.3 Å². The van der Waals surface area contributed by atoms with E-state index in [2.05, 4.69) is 10.2 Å². The molecule has 2 amide bonds. The van der Waals surface area contributed by atoms with Gasteiger partial charge in [-0.2, -0.15) is 0 Å². The van der Waals surface area contributed by atoms with Crippen LogP contribution in [0.4, 0.5) is 5.69 Å². The monoisotopic (exact) mass is 447 g/mol. The summed E-state index contributed by atoms with van der Waals surface area (Å²) in [7, 11) is 0. The molecule has 0 radical (unpaired) electrons. The molecule has 30 heavy (non-hydrogen) atoms. The predicted molar refractivity (Wildman–Crippen MR) is 122 cm³/mol. The second-order valence-electron chi connectivity index (χ2n) is 8.11. The van der Waals surface area contributed by atoms with Crippen LogP contribution >= 0.6 is 23.2 Å². The van der Waals surface area contributed by atoms with Gasteiger partial charge < -0.3 is 10.2 Å². The van der Waals surface area contributed by atoms with Crippen LogP contribution in [0.2, 0.25) is 10.0 Å². The fourth-order valence-electron chi connectivity index (χ4n) is 3.68. The van der Waals surface area contributed by atoms with Gasteiger partial charge in [0.1, 0.15) is 0 Å². The minimum atomic E-state index is -0.588. The van der Waals surface area contributed by atoms with Gasteiger partial charge in [0.2, 0.25) is 11.8 Å². The second kappa shape index (κ2) is 9.38. The molecule has 1 atom stereocenters. The first-order chi connectivity index (χ1) is 14.2. The lowest BCUT2D eigenvalue weighted by molar-refractivity contribution is -0.138. The van der Waals surface area contributed by atoms with Crippen molar-refractivity contribution >= 4 is 40.7 Å². The summed E-state index contributed by atoms with van der Waals surface area (Å²) >= 11 is 12.1. The summed E-state index contributed by atoms with van der Waals surface area (Å²) in [6.07, 6.45) is 0. The number of nitrogens with one attached hydrogen (secondary N) is 1. The molecule has 0 bridgehead atoms. The first kappa shape index (κ1) is 22.6. The van der Waals surface area contributed by atoms with Crippen LogP contribution in [-0.2, 0) is 15.0 Å². The molecular weight excluding hydrogens is 421 g/mol. The highest BCUT2D eigenvalue weighted by molar-refractivity contribution is 6.35. The van der Waals surface area contributed by atoms with E-state index in [1.54, 1.807) is 18.2 Å². The summed E-state index contributed by atoms with van der Waals surface area (Å²) in [5.41, 5.74) is 0.915. The summed E-state index contributed by atoms with van der Waals surface area (Å²) in [4.78, 5) is 29.8. The number of rotatable bonds is 5. The smallest absolute Gasteiger partial charge is 0.241 e. The van der Waals surface area contributed by atoms with Crippen LogP contribution in [0.25, 0.3) is 0 Å². The van der Waals surface area contributed by atoms with Gasteiger partial charge in [0.15, 0.2) is 0 Å². The molecule has 0 spiro atoms. The highest BCUT2D eigenvalue weighted by atomic mass is 35.5. The van der Waals surface area contributed by atoms with Crippen LogP contribution in [-0.4, -0.2) is 53.8 Å². The van der Waals surface area contributed by atoms with E-state index in [1.165, 1.54) is 0 Å². The fraction of sp³-hybridized carbons (Fsp3) is 0.391. The summed E-state index contributed by atoms with van der Waals surface area (Å²) in [5, 5.41) is 3.80. The number of hydrogen-bond donors (Lipinski definition) is 1. The van der Waals surface area contributed by atoms with E-state index in [9.17, 15) is 9.59 Å². The van der Waals surface area contributed by atoms with Gasteiger partial charge in [0, 0.05) is 31.2 Å². The number of piperazine rings is 1. The molecule has 2 aromatic rings. The highest BCUT2D eigenvalue weighted by Crippen LogP contribution is 2.27. The standard InChI is InChI=1S/C23H27Cl2N3O2/c1-16(21(29)26-20-15-18(24)9-10-19(20)25)27-11-13-28(14-12-27)22(30)23(2,3)17-7-5-4-6-8-17/h4-10,15-16H,11-14H2,1-3H3,(H,26,29). The zero-order chi connectivity index (χ0) is 21.9. The molecule has 2 aromatic carbocycles. The number of hydrogen-bond acceptors (Lipinski definition) is 3. The molecule has 0 aliphatic carbocycles. The van der Waals surface area contributed by atoms with Crippen LogP contribution in [0.5, 0.6) is 0 Å². The van der Waals surface area contributed by atoms with Gasteiger partial charge in [0.25, 0.3) is 0 Å². The number of nitrogens with zero attached hydrogens (tertiary/aromatic N) is 2. The maximum Gasteiger partial charge on any atom is 0.241 e. The minimum absolute atomic E-state index is 0.108. The molecule has 1 N–H and O–H groups in total. The van der Waals surface area contributed by atoms with Gasteiger partial charge in [-0.25, -0.2) is 0 Å². The summed E-state index contributed by atoms with van der Waals surface area (Å²) < 4.78 is 0. The van der Waals surface area contributed by atoms with E-state index < -0.39 is 5.41 Å². The number of carbonyl (C=O) groups is 2. The van der Waals surface area contributed by atoms with Gasteiger partial charge >= 0.3 is 0 Å². The predicted octanol–water partition coefficient (Wildman–Crippen LogP) is 4.44. The fourth-order valence-corrected chi connectivity index (χ4v) is 4.02. The molecule has 1 aliphatic heterocycles. The van der Waals surface area contributed by atoms with E-state index in [0.29, 0.717) is 41.9 Å². The largest absolute Gasteiger partial charge is 0.339 e. The van der Waals surface area contributed by atoms with Crippen molar-refractivity contribution in [3.8, 4) is 0 Å². The molecule has 1 fully saturated rings. The molecule has 1 aliphatic rings. The number of carbonyl (C=O) groups excluding carboxylic acids is 2. The van der Waals surface area contributed by atoms with Crippen molar-refractivity contribution in [3.05, 3.63) is 64.1 Å². The van der Waals surface area contributed by atoms with Gasteiger partial charge in [-0.1, -0.05) is 53.5 Å². The third-order valence-electron chi connectivity index (χ3n) is 5.75. The van der Waals surface area contributed by atoms with E-state index in [-0.39, 0.29) is 17.9 Å². The van der Waals surface area contributed by atoms with Gasteiger partial charge in [-0.05, 0) is 44.5 Å². The maximum atomic E-state index is 13.1. The van der Waals surface area contributed by atoms with Crippen LogP contribution in [0, 0.1) is 0 Å². The molecule has 1 saturated heterocycles. The summed E-state index contributed by atoms with van der Waals surface area (Å²) in [5.74, 6) is -0.0419. The first-order valence-electron chi connectivity index (χ1n) is 10.0. The Morgan fingerprint density at radius 3 is 2.27 bits per heavy atom. The van der Waals surface area contributed by atoms with Crippen molar-refractivity contribution < 1.29 is 9.59 Å². The van der Waals surface area contributed by atoms with E-state index in [1.807, 2.05) is 56.0 Å². The van der Waals surface area contributed by atoms with Crippen LogP contribution in [0.15, 0.2) is 48.5 Å².